The van der Waals surface area contributed by atoms with Crippen molar-refractivity contribution in [2.24, 2.45) is 5.84 Å². The van der Waals surface area contributed by atoms with Crippen LogP contribution in [0.3, 0.4) is 0 Å². The molecule has 0 atom stereocenters. The van der Waals surface area contributed by atoms with E-state index in [2.05, 4.69) is 25.7 Å². The Morgan fingerprint density at radius 3 is 2.37 bits per heavy atom. The highest BCUT2D eigenvalue weighted by atomic mass is 16.5. The first-order chi connectivity index (χ1) is 9.06. The molecule has 0 unspecified atom stereocenters. The summed E-state index contributed by atoms with van der Waals surface area (Å²) in [5.74, 6) is 5.54. The third kappa shape index (κ3) is 4.47. The summed E-state index contributed by atoms with van der Waals surface area (Å²) in [4.78, 5) is 11.9. The van der Waals surface area contributed by atoms with Gasteiger partial charge in [0.25, 0.3) is 0 Å². The van der Waals surface area contributed by atoms with Crippen LogP contribution in [0.1, 0.15) is 20.3 Å². The molecular weight excluding hydrogens is 252 g/mol. The van der Waals surface area contributed by atoms with Gasteiger partial charge in [0.05, 0.1) is 25.4 Å². The summed E-state index contributed by atoms with van der Waals surface area (Å²) in [7, 11) is 0. The summed E-state index contributed by atoms with van der Waals surface area (Å²) in [6, 6.07) is 0.116. The fourth-order valence-electron chi connectivity index (χ4n) is 1.13. The molecule has 1 aromatic rings. The van der Waals surface area contributed by atoms with E-state index in [9.17, 15) is 10.2 Å². The fourth-order valence-corrected chi connectivity index (χ4v) is 1.13. The van der Waals surface area contributed by atoms with Crippen molar-refractivity contribution in [2.45, 2.75) is 25.8 Å². The van der Waals surface area contributed by atoms with Crippen LogP contribution >= 0.6 is 0 Å². The largest absolute Gasteiger partial charge is 0.463 e. The number of hydrogen-bond acceptors (Lipinski definition) is 9. The molecule has 0 saturated carbocycles. The number of nitrogens with one attached hydrogen (secondary N) is 2. The zero-order valence-corrected chi connectivity index (χ0v) is 11.1. The molecule has 19 heavy (non-hydrogen) atoms. The van der Waals surface area contributed by atoms with Crippen LogP contribution < -0.4 is 21.3 Å². The van der Waals surface area contributed by atoms with Crippen molar-refractivity contribution in [3.63, 3.8) is 0 Å². The van der Waals surface area contributed by atoms with E-state index in [1.54, 1.807) is 6.92 Å². The lowest BCUT2D eigenvalue weighted by Crippen LogP contribution is -2.43. The first kappa shape index (κ1) is 15.3. The van der Waals surface area contributed by atoms with Crippen LogP contribution in [0.2, 0.25) is 0 Å². The molecule has 0 saturated heterocycles. The Labute approximate surface area is 111 Å². The number of nitrogens with zero attached hydrogens (tertiary/aromatic N) is 3. The average Bonchev–Trinajstić information content (AvgIpc) is 2.44. The van der Waals surface area contributed by atoms with E-state index >= 15 is 0 Å². The molecule has 0 fully saturated rings. The molecule has 9 heteroatoms. The number of hydrogen-bond donors (Lipinski definition) is 5. The number of rotatable bonds is 8. The maximum absolute atomic E-state index is 9.22. The van der Waals surface area contributed by atoms with Crippen molar-refractivity contribution >= 4 is 11.9 Å². The second kappa shape index (κ2) is 7.02. The molecule has 0 aliphatic rings. The number of aliphatic hydroxyl groups excluding tert-OH is 2. The van der Waals surface area contributed by atoms with Crippen LogP contribution in [-0.2, 0) is 0 Å². The number of aromatic nitrogens is 3. The molecule has 0 aromatic carbocycles. The Kier molecular flexibility index (Phi) is 5.67. The van der Waals surface area contributed by atoms with Gasteiger partial charge in [0, 0.05) is 0 Å². The second-order valence-electron chi connectivity index (χ2n) is 4.26. The van der Waals surface area contributed by atoms with Crippen LogP contribution in [0.4, 0.5) is 11.9 Å². The maximum Gasteiger partial charge on any atom is 0.323 e. The molecule has 0 spiro atoms. The molecule has 0 amide bonds. The number of aliphatic hydroxyl groups is 2. The van der Waals surface area contributed by atoms with Crippen molar-refractivity contribution in [1.82, 2.24) is 15.0 Å². The first-order valence-electron chi connectivity index (χ1n) is 5.92. The van der Waals surface area contributed by atoms with Crippen LogP contribution in [0.15, 0.2) is 0 Å². The van der Waals surface area contributed by atoms with Gasteiger partial charge in [-0.25, -0.2) is 5.84 Å². The molecule has 0 aliphatic carbocycles. The summed E-state index contributed by atoms with van der Waals surface area (Å²) in [5, 5.41) is 21.2. The van der Waals surface area contributed by atoms with E-state index in [4.69, 9.17) is 10.6 Å². The first-order valence-corrected chi connectivity index (χ1v) is 5.92. The molecule has 0 bridgehead atoms. The molecule has 1 heterocycles. The van der Waals surface area contributed by atoms with Gasteiger partial charge >= 0.3 is 6.01 Å². The summed E-state index contributed by atoms with van der Waals surface area (Å²) in [6.07, 6.45) is 0.810. The predicted molar refractivity (Wildman–Crippen MR) is 69.6 cm³/mol. The highest BCUT2D eigenvalue weighted by molar-refractivity contribution is 5.37. The summed E-state index contributed by atoms with van der Waals surface area (Å²) in [5.41, 5.74) is 1.35. The zero-order valence-electron chi connectivity index (χ0n) is 11.1. The topological polar surface area (TPSA) is 138 Å². The molecular formula is C10H20N6O3. The van der Waals surface area contributed by atoms with E-state index in [0.717, 1.165) is 6.42 Å². The van der Waals surface area contributed by atoms with Crippen LogP contribution in [0, 0.1) is 0 Å². The number of hydrazine groups is 1. The van der Waals surface area contributed by atoms with Crippen molar-refractivity contribution in [1.29, 1.82) is 0 Å². The van der Waals surface area contributed by atoms with E-state index in [0.29, 0.717) is 6.61 Å². The molecule has 6 N–H and O–H groups in total. The minimum absolute atomic E-state index is 0.116. The Bertz CT molecular complexity index is 399. The van der Waals surface area contributed by atoms with Gasteiger partial charge in [-0.05, 0) is 13.3 Å². The monoisotopic (exact) mass is 272 g/mol. The molecule has 9 nitrogen and oxygen atoms in total. The molecule has 1 rings (SSSR count). The zero-order chi connectivity index (χ0) is 14.3. The van der Waals surface area contributed by atoms with Gasteiger partial charge in [0.2, 0.25) is 11.9 Å². The van der Waals surface area contributed by atoms with Crippen LogP contribution in [-0.4, -0.2) is 50.5 Å². The molecule has 0 aliphatic heterocycles. The summed E-state index contributed by atoms with van der Waals surface area (Å²) in [6.45, 7) is 3.47. The van der Waals surface area contributed by atoms with Crippen molar-refractivity contribution in [2.75, 3.05) is 30.6 Å². The Morgan fingerprint density at radius 2 is 1.84 bits per heavy atom. The third-order valence-corrected chi connectivity index (χ3v) is 2.29. The lowest BCUT2D eigenvalue weighted by atomic mass is 10.1. The van der Waals surface area contributed by atoms with Crippen molar-refractivity contribution < 1.29 is 14.9 Å². The highest BCUT2D eigenvalue weighted by Crippen LogP contribution is 2.15. The fraction of sp³-hybridized carbons (Fsp3) is 0.700. The van der Waals surface area contributed by atoms with Gasteiger partial charge in [-0.3, -0.25) is 5.43 Å². The van der Waals surface area contributed by atoms with E-state index < -0.39 is 5.54 Å². The SMILES string of the molecule is CCCOc1nc(NN)nc(NC(C)(CO)CO)n1. The van der Waals surface area contributed by atoms with Crippen LogP contribution in [0.25, 0.3) is 0 Å². The van der Waals surface area contributed by atoms with E-state index in [1.165, 1.54) is 0 Å². The second-order valence-corrected chi connectivity index (χ2v) is 4.26. The third-order valence-electron chi connectivity index (χ3n) is 2.29. The van der Waals surface area contributed by atoms with Gasteiger partial charge in [0.15, 0.2) is 0 Å². The maximum atomic E-state index is 9.22. The molecule has 108 valence electrons. The Morgan fingerprint density at radius 1 is 1.21 bits per heavy atom. The van der Waals surface area contributed by atoms with Gasteiger partial charge < -0.3 is 20.3 Å². The Balaban J connectivity index is 2.92. The van der Waals surface area contributed by atoms with Crippen molar-refractivity contribution in [3.05, 3.63) is 0 Å². The number of nitrogens with two attached hydrogens (primary N) is 1. The van der Waals surface area contributed by atoms with Gasteiger partial charge in [-0.15, -0.1) is 0 Å². The lowest BCUT2D eigenvalue weighted by Gasteiger charge is -2.26. The predicted octanol–water partition coefficient (Wildman–Crippen LogP) is -0.899. The van der Waals surface area contributed by atoms with Gasteiger partial charge in [0.1, 0.15) is 0 Å². The lowest BCUT2D eigenvalue weighted by molar-refractivity contribution is 0.147. The summed E-state index contributed by atoms with van der Waals surface area (Å²) >= 11 is 0. The van der Waals surface area contributed by atoms with Crippen molar-refractivity contribution in [3.8, 4) is 6.01 Å². The minimum atomic E-state index is -0.949. The average molecular weight is 272 g/mol. The number of nitrogen functional groups attached to an aromatic ring is 1. The van der Waals surface area contributed by atoms with Crippen LogP contribution in [0.5, 0.6) is 6.01 Å². The summed E-state index contributed by atoms with van der Waals surface area (Å²) < 4.78 is 5.30. The van der Waals surface area contributed by atoms with Gasteiger partial charge in [-0.1, -0.05) is 6.92 Å². The van der Waals surface area contributed by atoms with E-state index in [1.807, 2.05) is 6.92 Å². The standard InChI is InChI=1S/C10H20N6O3/c1-3-4-19-9-13-7(12-8(14-9)16-11)15-10(2,5-17)6-18/h17-18H,3-6,11H2,1-2H3,(H2,12,13,14,15,16). The molecule has 0 radical (unpaired) electrons. The van der Waals surface area contributed by atoms with E-state index in [-0.39, 0.29) is 31.1 Å². The quantitative estimate of drug-likeness (QED) is 0.301. The number of anilines is 2. The van der Waals surface area contributed by atoms with Gasteiger partial charge in [-0.2, -0.15) is 15.0 Å². The normalized spacial score (nSPS) is 11.2. The Hall–Kier alpha value is -1.71. The molecule has 1 aromatic heterocycles. The number of ether oxygens (including phenoxy) is 1. The highest BCUT2D eigenvalue weighted by Gasteiger charge is 2.24. The smallest absolute Gasteiger partial charge is 0.323 e. The minimum Gasteiger partial charge on any atom is -0.463 e.